The first-order chi connectivity index (χ1) is 9.87. The monoisotopic (exact) mass is 299 g/mol. The molecule has 2 rings (SSSR count). The molecule has 1 aromatic carbocycles. The molecular formula is C13H12F3N3O2. The minimum Gasteiger partial charge on any atom is -0.482 e. The van der Waals surface area contributed by atoms with E-state index in [-0.39, 0.29) is 11.4 Å². The number of rotatable bonds is 4. The number of nitrogens with zero attached hydrogens (tertiary/aromatic N) is 1. The first kappa shape index (κ1) is 14.9. The number of benzene rings is 1. The molecule has 8 heteroatoms. The lowest BCUT2D eigenvalue weighted by Crippen LogP contribution is -2.20. The number of carbonyl (C=O) groups excluding carboxylic acids is 1. The number of hydrogen-bond donors (Lipinski definition) is 2. The van der Waals surface area contributed by atoms with Crippen molar-refractivity contribution in [3.63, 3.8) is 0 Å². The van der Waals surface area contributed by atoms with Crippen LogP contribution in [0.2, 0.25) is 0 Å². The molecule has 0 bridgehead atoms. The van der Waals surface area contributed by atoms with Gasteiger partial charge in [-0.05, 0) is 19.1 Å². The summed E-state index contributed by atoms with van der Waals surface area (Å²) in [6, 6.07) is 5.91. The fourth-order valence-electron chi connectivity index (χ4n) is 1.62. The third-order valence-electron chi connectivity index (χ3n) is 2.60. The van der Waals surface area contributed by atoms with Crippen LogP contribution in [0.1, 0.15) is 16.1 Å². The van der Waals surface area contributed by atoms with Gasteiger partial charge in [-0.2, -0.15) is 18.3 Å². The highest BCUT2D eigenvalue weighted by molar-refractivity contribution is 6.05. The van der Waals surface area contributed by atoms with Crippen molar-refractivity contribution < 1.29 is 22.7 Å². The first-order valence-electron chi connectivity index (χ1n) is 5.97. The molecule has 21 heavy (non-hydrogen) atoms. The lowest BCUT2D eigenvalue weighted by atomic mass is 10.2. The predicted octanol–water partition coefficient (Wildman–Crippen LogP) is 2.91. The number of aromatic amines is 1. The average molecular weight is 299 g/mol. The van der Waals surface area contributed by atoms with Gasteiger partial charge in [0.25, 0.3) is 5.91 Å². The van der Waals surface area contributed by atoms with Gasteiger partial charge in [-0.3, -0.25) is 9.89 Å². The van der Waals surface area contributed by atoms with Gasteiger partial charge in [-0.1, -0.05) is 12.1 Å². The summed E-state index contributed by atoms with van der Waals surface area (Å²) in [6.07, 6.45) is -3.11. The summed E-state index contributed by atoms with van der Waals surface area (Å²) >= 11 is 0. The molecule has 0 fully saturated rings. The highest BCUT2D eigenvalue weighted by Crippen LogP contribution is 2.26. The van der Waals surface area contributed by atoms with Crippen LogP contribution < -0.4 is 10.1 Å². The molecule has 0 unspecified atom stereocenters. The molecule has 0 saturated heterocycles. The fourth-order valence-corrected chi connectivity index (χ4v) is 1.62. The molecular weight excluding hydrogens is 287 g/mol. The number of anilines is 1. The molecule has 0 aliphatic carbocycles. The van der Waals surface area contributed by atoms with E-state index in [2.05, 4.69) is 20.3 Å². The fraction of sp³-hybridized carbons (Fsp3) is 0.231. The normalized spacial score (nSPS) is 11.2. The van der Waals surface area contributed by atoms with E-state index in [1.54, 1.807) is 13.0 Å². The van der Waals surface area contributed by atoms with Crippen LogP contribution in [0.3, 0.4) is 0 Å². The van der Waals surface area contributed by atoms with Crippen molar-refractivity contribution in [3.05, 3.63) is 41.7 Å². The average Bonchev–Trinajstić information content (AvgIpc) is 2.83. The Kier molecular flexibility index (Phi) is 4.15. The van der Waals surface area contributed by atoms with Crippen molar-refractivity contribution in [2.24, 2.45) is 0 Å². The Morgan fingerprint density at radius 1 is 1.38 bits per heavy atom. The second kappa shape index (κ2) is 5.86. The van der Waals surface area contributed by atoms with Gasteiger partial charge in [0.2, 0.25) is 0 Å². The molecule has 2 N–H and O–H groups in total. The molecule has 0 radical (unpaired) electrons. The Morgan fingerprint density at radius 2 is 2.10 bits per heavy atom. The Balaban J connectivity index is 2.13. The van der Waals surface area contributed by atoms with Crippen LogP contribution >= 0.6 is 0 Å². The number of ether oxygens (including phenoxy) is 1. The van der Waals surface area contributed by atoms with Crippen LogP contribution in [-0.2, 0) is 0 Å². The highest BCUT2D eigenvalue weighted by atomic mass is 19.4. The largest absolute Gasteiger partial charge is 0.482 e. The number of para-hydroxylation sites is 2. The Morgan fingerprint density at radius 3 is 2.71 bits per heavy atom. The van der Waals surface area contributed by atoms with E-state index in [4.69, 9.17) is 0 Å². The molecule has 2 aromatic rings. The number of H-pyrrole nitrogens is 1. The van der Waals surface area contributed by atoms with E-state index in [0.29, 0.717) is 11.3 Å². The molecule has 1 amide bonds. The van der Waals surface area contributed by atoms with Crippen molar-refractivity contribution in [1.82, 2.24) is 10.2 Å². The zero-order chi connectivity index (χ0) is 15.5. The Labute approximate surface area is 118 Å². The maximum Gasteiger partial charge on any atom is 0.422 e. The van der Waals surface area contributed by atoms with Gasteiger partial charge in [0.05, 0.1) is 17.4 Å². The smallest absolute Gasteiger partial charge is 0.422 e. The molecule has 1 heterocycles. The molecule has 0 aliphatic rings. The summed E-state index contributed by atoms with van der Waals surface area (Å²) in [4.78, 5) is 12.0. The van der Waals surface area contributed by atoms with Gasteiger partial charge in [-0.15, -0.1) is 0 Å². The van der Waals surface area contributed by atoms with Gasteiger partial charge < -0.3 is 10.1 Å². The van der Waals surface area contributed by atoms with Gasteiger partial charge in [0, 0.05) is 5.69 Å². The van der Waals surface area contributed by atoms with Gasteiger partial charge >= 0.3 is 6.18 Å². The Hall–Kier alpha value is -2.51. The summed E-state index contributed by atoms with van der Waals surface area (Å²) < 4.78 is 41.2. The van der Waals surface area contributed by atoms with Crippen molar-refractivity contribution in [1.29, 1.82) is 0 Å². The first-order valence-corrected chi connectivity index (χ1v) is 5.97. The molecule has 1 aromatic heterocycles. The van der Waals surface area contributed by atoms with Crippen LogP contribution in [0.25, 0.3) is 0 Å². The molecule has 0 atom stereocenters. The second-order valence-electron chi connectivity index (χ2n) is 4.26. The Bertz CT molecular complexity index is 638. The topological polar surface area (TPSA) is 67.0 Å². The lowest BCUT2D eigenvalue weighted by molar-refractivity contribution is -0.153. The second-order valence-corrected chi connectivity index (χ2v) is 4.26. The molecule has 112 valence electrons. The van der Waals surface area contributed by atoms with Gasteiger partial charge in [-0.25, -0.2) is 0 Å². The summed E-state index contributed by atoms with van der Waals surface area (Å²) in [5.41, 5.74) is 1.02. The van der Waals surface area contributed by atoms with Crippen molar-refractivity contribution in [3.8, 4) is 5.75 Å². The zero-order valence-corrected chi connectivity index (χ0v) is 11.0. The van der Waals surface area contributed by atoms with E-state index in [0.717, 1.165) is 0 Å². The highest BCUT2D eigenvalue weighted by Gasteiger charge is 2.29. The van der Waals surface area contributed by atoms with E-state index >= 15 is 0 Å². The molecule has 5 nitrogen and oxygen atoms in total. The van der Waals surface area contributed by atoms with Crippen LogP contribution in [0.15, 0.2) is 30.5 Å². The van der Waals surface area contributed by atoms with E-state index in [9.17, 15) is 18.0 Å². The lowest BCUT2D eigenvalue weighted by Gasteiger charge is -2.13. The summed E-state index contributed by atoms with van der Waals surface area (Å²) in [5.74, 6) is -0.534. The van der Waals surface area contributed by atoms with Crippen LogP contribution in [-0.4, -0.2) is 28.9 Å². The number of aromatic nitrogens is 2. The number of amides is 1. The molecule has 0 saturated carbocycles. The zero-order valence-electron chi connectivity index (χ0n) is 11.0. The summed E-state index contributed by atoms with van der Waals surface area (Å²) in [6.45, 7) is 0.235. The van der Waals surface area contributed by atoms with Gasteiger partial charge in [0.15, 0.2) is 6.61 Å². The van der Waals surface area contributed by atoms with E-state index in [1.165, 1.54) is 24.4 Å². The quantitative estimate of drug-likeness (QED) is 0.912. The standard InChI is InChI=1S/C13H12F3N3O2/c1-8-9(6-17-19-8)12(20)18-10-4-2-3-5-11(10)21-7-13(14,15)16/h2-6H,7H2,1H3,(H,17,19)(H,18,20). The van der Waals surface area contributed by atoms with Crippen LogP contribution in [0.4, 0.5) is 18.9 Å². The van der Waals surface area contributed by atoms with Crippen LogP contribution in [0, 0.1) is 6.92 Å². The third-order valence-corrected chi connectivity index (χ3v) is 2.60. The van der Waals surface area contributed by atoms with Crippen molar-refractivity contribution in [2.45, 2.75) is 13.1 Å². The third kappa shape index (κ3) is 3.98. The molecule has 0 aliphatic heterocycles. The summed E-state index contributed by atoms with van der Waals surface area (Å²) in [5, 5.41) is 8.81. The number of alkyl halides is 3. The number of carbonyl (C=O) groups is 1. The number of nitrogens with one attached hydrogen (secondary N) is 2. The van der Waals surface area contributed by atoms with E-state index in [1.807, 2.05) is 0 Å². The molecule has 0 spiro atoms. The van der Waals surface area contributed by atoms with Crippen LogP contribution in [0.5, 0.6) is 5.75 Å². The number of halogens is 3. The van der Waals surface area contributed by atoms with Crippen molar-refractivity contribution >= 4 is 11.6 Å². The van der Waals surface area contributed by atoms with Gasteiger partial charge in [0.1, 0.15) is 5.75 Å². The van der Waals surface area contributed by atoms with E-state index < -0.39 is 18.7 Å². The minimum absolute atomic E-state index is 0.0516. The maximum atomic E-state index is 12.2. The summed E-state index contributed by atoms with van der Waals surface area (Å²) in [7, 11) is 0. The minimum atomic E-state index is -4.45. The number of hydrogen-bond acceptors (Lipinski definition) is 3. The predicted molar refractivity (Wildman–Crippen MR) is 69.3 cm³/mol. The van der Waals surface area contributed by atoms with Crippen molar-refractivity contribution in [2.75, 3.05) is 11.9 Å². The SMILES string of the molecule is Cc1[nH]ncc1C(=O)Nc1ccccc1OCC(F)(F)F. The number of aryl methyl sites for hydroxylation is 1. The maximum absolute atomic E-state index is 12.2.